The van der Waals surface area contributed by atoms with Gasteiger partial charge in [0.15, 0.2) is 11.0 Å². The maximum atomic E-state index is 9.01. The van der Waals surface area contributed by atoms with E-state index in [4.69, 9.17) is 5.11 Å². The predicted molar refractivity (Wildman–Crippen MR) is 68.8 cm³/mol. The van der Waals surface area contributed by atoms with Crippen LogP contribution in [0.3, 0.4) is 0 Å². The highest BCUT2D eigenvalue weighted by Crippen LogP contribution is 2.29. The van der Waals surface area contributed by atoms with E-state index in [0.717, 1.165) is 16.8 Å². The van der Waals surface area contributed by atoms with E-state index in [1.807, 2.05) is 11.6 Å². The van der Waals surface area contributed by atoms with Crippen molar-refractivity contribution >= 4 is 11.8 Å². The van der Waals surface area contributed by atoms with Crippen molar-refractivity contribution in [2.75, 3.05) is 5.75 Å². The van der Waals surface area contributed by atoms with Gasteiger partial charge in [0.25, 0.3) is 0 Å². The van der Waals surface area contributed by atoms with Gasteiger partial charge in [-0.05, 0) is 18.8 Å². The maximum absolute atomic E-state index is 9.01. The summed E-state index contributed by atoms with van der Waals surface area (Å²) >= 11 is 1.74. The Hall–Kier alpha value is -0.550. The van der Waals surface area contributed by atoms with E-state index >= 15 is 0 Å². The van der Waals surface area contributed by atoms with Crippen molar-refractivity contribution in [2.24, 2.45) is 13.0 Å². The Kier molecular flexibility index (Phi) is 4.86. The Morgan fingerprint density at radius 2 is 2.12 bits per heavy atom. The van der Waals surface area contributed by atoms with Gasteiger partial charge in [-0.15, -0.1) is 10.2 Å². The fourth-order valence-electron chi connectivity index (χ4n) is 2.44. The van der Waals surface area contributed by atoms with Crippen LogP contribution in [0.4, 0.5) is 0 Å². The SMILES string of the molecule is Cn1c(CO)nnc1SCCCC1CCCC1. The van der Waals surface area contributed by atoms with Crippen LogP contribution in [-0.2, 0) is 13.7 Å². The van der Waals surface area contributed by atoms with Crippen LogP contribution in [0, 0.1) is 5.92 Å². The zero-order chi connectivity index (χ0) is 12.1. The third-order valence-corrected chi connectivity index (χ3v) is 4.64. The number of nitrogens with zero attached hydrogens (tertiary/aromatic N) is 3. The molecular weight excluding hydrogens is 234 g/mol. The molecule has 17 heavy (non-hydrogen) atoms. The lowest BCUT2D eigenvalue weighted by Gasteiger charge is -2.07. The van der Waals surface area contributed by atoms with E-state index in [0.29, 0.717) is 5.82 Å². The molecule has 0 aromatic carbocycles. The van der Waals surface area contributed by atoms with Crippen LogP contribution in [0.15, 0.2) is 5.16 Å². The molecule has 0 saturated heterocycles. The maximum Gasteiger partial charge on any atom is 0.191 e. The second-order valence-corrected chi connectivity index (χ2v) is 5.82. The molecule has 1 heterocycles. The second kappa shape index (κ2) is 6.40. The molecule has 4 nitrogen and oxygen atoms in total. The van der Waals surface area contributed by atoms with E-state index in [-0.39, 0.29) is 6.61 Å². The fraction of sp³-hybridized carbons (Fsp3) is 0.833. The lowest BCUT2D eigenvalue weighted by Crippen LogP contribution is -1.99. The van der Waals surface area contributed by atoms with E-state index in [2.05, 4.69) is 10.2 Å². The van der Waals surface area contributed by atoms with E-state index in [9.17, 15) is 0 Å². The molecule has 0 radical (unpaired) electrons. The molecule has 0 bridgehead atoms. The summed E-state index contributed by atoms with van der Waals surface area (Å²) in [4.78, 5) is 0. The van der Waals surface area contributed by atoms with Crippen molar-refractivity contribution < 1.29 is 5.11 Å². The summed E-state index contributed by atoms with van der Waals surface area (Å²) < 4.78 is 1.88. The first-order valence-electron chi connectivity index (χ1n) is 6.43. The highest BCUT2D eigenvalue weighted by atomic mass is 32.2. The molecule has 1 aromatic heterocycles. The molecule has 0 spiro atoms. The van der Waals surface area contributed by atoms with Crippen molar-refractivity contribution in [3.63, 3.8) is 0 Å². The summed E-state index contributed by atoms with van der Waals surface area (Å²) in [7, 11) is 1.91. The Bertz CT molecular complexity index is 348. The number of aliphatic hydroxyl groups excluding tert-OH is 1. The minimum atomic E-state index is -0.0356. The van der Waals surface area contributed by atoms with Gasteiger partial charge >= 0.3 is 0 Å². The normalized spacial score (nSPS) is 16.8. The summed E-state index contributed by atoms with van der Waals surface area (Å²) in [6.07, 6.45) is 8.35. The van der Waals surface area contributed by atoms with Crippen LogP contribution >= 0.6 is 11.8 Å². The second-order valence-electron chi connectivity index (χ2n) is 4.76. The minimum Gasteiger partial charge on any atom is -0.388 e. The van der Waals surface area contributed by atoms with Crippen molar-refractivity contribution in [1.29, 1.82) is 0 Å². The molecule has 0 unspecified atom stereocenters. The van der Waals surface area contributed by atoms with E-state index in [1.165, 1.54) is 38.5 Å². The van der Waals surface area contributed by atoms with Crippen LogP contribution in [0.2, 0.25) is 0 Å². The van der Waals surface area contributed by atoms with Gasteiger partial charge in [0.05, 0.1) is 0 Å². The highest BCUT2D eigenvalue weighted by Gasteiger charge is 2.14. The molecule has 1 aliphatic rings. The molecule has 1 fully saturated rings. The van der Waals surface area contributed by atoms with Crippen molar-refractivity contribution in [1.82, 2.24) is 14.8 Å². The standard InChI is InChI=1S/C12H21N3OS/c1-15-11(9-16)13-14-12(15)17-8-4-7-10-5-2-3-6-10/h10,16H,2-9H2,1H3. The number of thioether (sulfide) groups is 1. The first-order valence-corrected chi connectivity index (χ1v) is 7.41. The molecular formula is C12H21N3OS. The van der Waals surface area contributed by atoms with Crippen LogP contribution in [-0.4, -0.2) is 25.6 Å². The minimum absolute atomic E-state index is 0.0356. The first-order chi connectivity index (χ1) is 8.31. The van der Waals surface area contributed by atoms with Crippen molar-refractivity contribution in [3.8, 4) is 0 Å². The monoisotopic (exact) mass is 255 g/mol. The van der Waals surface area contributed by atoms with Gasteiger partial charge in [0, 0.05) is 12.8 Å². The number of hydrogen-bond donors (Lipinski definition) is 1. The summed E-state index contributed by atoms with van der Waals surface area (Å²) in [6.45, 7) is -0.0356. The number of aromatic nitrogens is 3. The number of aliphatic hydroxyl groups is 1. The third kappa shape index (κ3) is 3.45. The van der Waals surface area contributed by atoms with Gasteiger partial charge in [0.2, 0.25) is 0 Å². The summed E-state index contributed by atoms with van der Waals surface area (Å²) in [5, 5.41) is 17.9. The Morgan fingerprint density at radius 3 is 2.76 bits per heavy atom. The molecule has 1 saturated carbocycles. The summed E-state index contributed by atoms with van der Waals surface area (Å²) in [5.41, 5.74) is 0. The van der Waals surface area contributed by atoms with Gasteiger partial charge in [-0.3, -0.25) is 0 Å². The summed E-state index contributed by atoms with van der Waals surface area (Å²) in [5.74, 6) is 2.72. The zero-order valence-corrected chi connectivity index (χ0v) is 11.2. The average Bonchev–Trinajstić information content (AvgIpc) is 2.95. The van der Waals surface area contributed by atoms with Gasteiger partial charge in [-0.1, -0.05) is 37.4 Å². The van der Waals surface area contributed by atoms with Gasteiger partial charge in [0.1, 0.15) is 6.61 Å². The molecule has 1 N–H and O–H groups in total. The van der Waals surface area contributed by atoms with Gasteiger partial charge in [-0.2, -0.15) is 0 Å². The largest absolute Gasteiger partial charge is 0.388 e. The van der Waals surface area contributed by atoms with Gasteiger partial charge in [-0.25, -0.2) is 0 Å². The first kappa shape index (κ1) is 12.9. The van der Waals surface area contributed by atoms with Crippen LogP contribution in [0.5, 0.6) is 0 Å². The topological polar surface area (TPSA) is 50.9 Å². The van der Waals surface area contributed by atoms with Crippen molar-refractivity contribution in [3.05, 3.63) is 5.82 Å². The van der Waals surface area contributed by atoms with Crippen LogP contribution < -0.4 is 0 Å². The quantitative estimate of drug-likeness (QED) is 0.626. The van der Waals surface area contributed by atoms with E-state index in [1.54, 1.807) is 11.8 Å². The van der Waals surface area contributed by atoms with Crippen LogP contribution in [0.1, 0.15) is 44.3 Å². The summed E-state index contributed by atoms with van der Waals surface area (Å²) in [6, 6.07) is 0. The van der Waals surface area contributed by atoms with Crippen LogP contribution in [0.25, 0.3) is 0 Å². The molecule has 5 heteroatoms. The Balaban J connectivity index is 1.68. The molecule has 1 aromatic rings. The van der Waals surface area contributed by atoms with Crippen molar-refractivity contribution in [2.45, 2.75) is 50.3 Å². The molecule has 0 amide bonds. The highest BCUT2D eigenvalue weighted by molar-refractivity contribution is 7.99. The molecule has 0 atom stereocenters. The smallest absolute Gasteiger partial charge is 0.191 e. The third-order valence-electron chi connectivity index (χ3n) is 3.53. The fourth-order valence-corrected chi connectivity index (χ4v) is 3.33. The van der Waals surface area contributed by atoms with Gasteiger partial charge < -0.3 is 9.67 Å². The average molecular weight is 255 g/mol. The predicted octanol–water partition coefficient (Wildman–Crippen LogP) is 2.37. The lowest BCUT2D eigenvalue weighted by atomic mass is 10.0. The number of rotatable bonds is 6. The molecule has 96 valence electrons. The molecule has 2 rings (SSSR count). The Morgan fingerprint density at radius 1 is 1.35 bits per heavy atom. The Labute approximate surface area is 107 Å². The lowest BCUT2D eigenvalue weighted by molar-refractivity contribution is 0.266. The molecule has 0 aliphatic heterocycles. The molecule has 1 aliphatic carbocycles. The zero-order valence-electron chi connectivity index (χ0n) is 10.4. The number of hydrogen-bond acceptors (Lipinski definition) is 4. The van der Waals surface area contributed by atoms with E-state index < -0.39 is 0 Å².